The van der Waals surface area contributed by atoms with Gasteiger partial charge >= 0.3 is 5.97 Å². The van der Waals surface area contributed by atoms with Gasteiger partial charge in [-0.05, 0) is 20.3 Å². The summed E-state index contributed by atoms with van der Waals surface area (Å²) in [7, 11) is 0. The van der Waals surface area contributed by atoms with E-state index in [9.17, 15) is 9.32 Å². The van der Waals surface area contributed by atoms with E-state index >= 15 is 0 Å². The number of carbonyl (C=O) groups excluding carboxylic acids is 1. The number of hydrogen-bond acceptors (Lipinski definition) is 10. The molecule has 2 aliphatic rings. The number of nitrogens with zero attached hydrogens (tertiary/aromatic N) is 4. The molecule has 1 saturated heterocycles. The van der Waals surface area contributed by atoms with Crippen molar-refractivity contribution in [1.82, 2.24) is 20.1 Å². The number of aliphatic imine (C=N–C) groups is 1. The van der Waals surface area contributed by atoms with Gasteiger partial charge in [-0.25, -0.2) is 14.8 Å². The van der Waals surface area contributed by atoms with E-state index in [2.05, 4.69) is 38.2 Å². The maximum Gasteiger partial charge on any atom is 0.364 e. The fraction of sp³-hybridized carbons (Fsp3) is 0.696. The van der Waals surface area contributed by atoms with Gasteiger partial charge in [0.05, 0.1) is 31.1 Å². The third kappa shape index (κ3) is 7.84. The van der Waals surface area contributed by atoms with Crippen molar-refractivity contribution in [1.29, 1.82) is 0 Å². The molecule has 1 aromatic rings. The number of aromatic nitrogens is 1. The summed E-state index contributed by atoms with van der Waals surface area (Å²) >= 11 is 2.68. The van der Waals surface area contributed by atoms with Crippen molar-refractivity contribution >= 4 is 35.0 Å². The second-order valence-corrected chi connectivity index (χ2v) is 11.6. The van der Waals surface area contributed by atoms with Crippen molar-refractivity contribution in [3.63, 3.8) is 0 Å². The predicted molar refractivity (Wildman–Crippen MR) is 135 cm³/mol. The Morgan fingerprint density at radius 1 is 1.32 bits per heavy atom. The van der Waals surface area contributed by atoms with Crippen LogP contribution in [0.4, 0.5) is 4.53 Å². The fourth-order valence-electron chi connectivity index (χ4n) is 3.73. The van der Waals surface area contributed by atoms with Crippen molar-refractivity contribution in [2.75, 3.05) is 45.9 Å². The Morgan fingerprint density at radius 2 is 2.12 bits per heavy atom. The van der Waals surface area contributed by atoms with Gasteiger partial charge in [0, 0.05) is 48.7 Å². The minimum atomic E-state index is -1.03. The number of ether oxygens (including phenoxy) is 1. The lowest BCUT2D eigenvalue weighted by molar-refractivity contribution is -0.185. The number of hydrogen-bond donors (Lipinski definition) is 1. The quantitative estimate of drug-likeness (QED) is 0.332. The molecule has 0 amide bonds. The van der Waals surface area contributed by atoms with Crippen LogP contribution in [0.2, 0.25) is 0 Å². The van der Waals surface area contributed by atoms with Crippen LogP contribution >= 0.6 is 23.1 Å². The zero-order valence-corrected chi connectivity index (χ0v) is 22.0. The number of morpholine rings is 1. The zero-order chi connectivity index (χ0) is 24.4. The summed E-state index contributed by atoms with van der Waals surface area (Å²) in [6.07, 6.45) is 7.60. The van der Waals surface area contributed by atoms with Gasteiger partial charge in [-0.2, -0.15) is 0 Å². The Labute approximate surface area is 209 Å². The summed E-state index contributed by atoms with van der Waals surface area (Å²) < 4.78 is 17.5. The molecule has 0 spiro atoms. The van der Waals surface area contributed by atoms with Crippen LogP contribution < -0.4 is 5.32 Å². The van der Waals surface area contributed by atoms with Gasteiger partial charge in [0.2, 0.25) is 0 Å². The lowest BCUT2D eigenvalue weighted by Crippen LogP contribution is -2.45. The third-order valence-corrected chi connectivity index (χ3v) is 7.99. The standard InChI is InChI=1S/C23H36FN5O3S2/c1-4-5-6-7-9-29(21-25-15-19(16-26-21)28-11-13-31-14-12-28)10-8-18-17-33-22(27-18)34-23(2,3)20(30)32-24/h15,17H,4-14,16H2,1-3H3,(H,25,26). The first-order chi connectivity index (χ1) is 16.4. The molecule has 0 atom stereocenters. The number of unbranched alkanes of at least 4 members (excludes halogenated alkanes) is 3. The van der Waals surface area contributed by atoms with Crippen LogP contribution in [-0.4, -0.2) is 77.4 Å². The molecule has 0 aliphatic carbocycles. The second kappa shape index (κ2) is 13.3. The molecule has 3 heterocycles. The number of nitrogens with one attached hydrogen (secondary N) is 1. The van der Waals surface area contributed by atoms with Crippen LogP contribution in [0.25, 0.3) is 0 Å². The molecular weight excluding hydrogens is 477 g/mol. The highest BCUT2D eigenvalue weighted by Gasteiger charge is 2.33. The number of thioether (sulfide) groups is 1. The number of thiazole rings is 1. The normalized spacial score (nSPS) is 16.5. The number of halogens is 1. The van der Waals surface area contributed by atoms with Crippen molar-refractivity contribution in [3.05, 3.63) is 23.0 Å². The van der Waals surface area contributed by atoms with E-state index in [1.165, 1.54) is 48.1 Å². The van der Waals surface area contributed by atoms with Gasteiger partial charge in [-0.3, -0.25) is 4.94 Å². The Hall–Kier alpha value is -1.85. The summed E-state index contributed by atoms with van der Waals surface area (Å²) in [5.74, 6) is 0.00329. The molecular formula is C23H36FN5O3S2. The van der Waals surface area contributed by atoms with Gasteiger partial charge in [0.25, 0.3) is 0 Å². The zero-order valence-electron chi connectivity index (χ0n) is 20.3. The molecule has 8 nitrogen and oxygen atoms in total. The molecule has 0 bridgehead atoms. The van der Waals surface area contributed by atoms with Crippen molar-refractivity contribution in [2.45, 2.75) is 62.0 Å². The highest BCUT2D eigenvalue weighted by molar-refractivity contribution is 8.03. The van der Waals surface area contributed by atoms with Gasteiger partial charge in [0.15, 0.2) is 10.3 Å². The second-order valence-electron chi connectivity index (χ2n) is 8.90. The predicted octanol–water partition coefficient (Wildman–Crippen LogP) is 4.00. The summed E-state index contributed by atoms with van der Waals surface area (Å²) in [6, 6.07) is 0. The van der Waals surface area contributed by atoms with E-state index in [4.69, 9.17) is 9.73 Å². The van der Waals surface area contributed by atoms with Crippen LogP contribution in [0.5, 0.6) is 0 Å². The topological polar surface area (TPSA) is 79.3 Å². The van der Waals surface area contributed by atoms with E-state index in [1.54, 1.807) is 13.8 Å². The first-order valence-corrected chi connectivity index (χ1v) is 13.7. The molecule has 1 fully saturated rings. The average molecular weight is 514 g/mol. The number of carbonyl (C=O) groups is 1. The van der Waals surface area contributed by atoms with Gasteiger partial charge in [-0.1, -0.05) is 37.9 Å². The summed E-state index contributed by atoms with van der Waals surface area (Å²) in [4.78, 5) is 29.2. The molecule has 190 valence electrons. The molecule has 11 heteroatoms. The summed E-state index contributed by atoms with van der Waals surface area (Å²) in [5, 5.41) is 5.42. The molecule has 0 aromatic carbocycles. The summed E-state index contributed by atoms with van der Waals surface area (Å²) in [6.45, 7) is 11.2. The van der Waals surface area contributed by atoms with Gasteiger partial charge in [0.1, 0.15) is 4.75 Å². The third-order valence-electron chi connectivity index (χ3n) is 5.83. The Morgan fingerprint density at radius 3 is 2.79 bits per heavy atom. The minimum Gasteiger partial charge on any atom is -0.378 e. The van der Waals surface area contributed by atoms with Gasteiger partial charge < -0.3 is 19.9 Å². The maximum absolute atomic E-state index is 12.3. The van der Waals surface area contributed by atoms with Gasteiger partial charge in [-0.15, -0.1) is 11.3 Å². The first kappa shape index (κ1) is 26.7. The Kier molecular flexibility index (Phi) is 10.5. The van der Waals surface area contributed by atoms with E-state index in [-0.39, 0.29) is 0 Å². The number of guanidine groups is 1. The van der Waals surface area contributed by atoms with Crippen LogP contribution in [0.3, 0.4) is 0 Å². The average Bonchev–Trinajstić information content (AvgIpc) is 3.30. The SMILES string of the molecule is CCCCCCN(CCc1csc(SC(C)(C)C(=O)OF)n1)C1=NCC(N2CCOCC2)=CN1. The lowest BCUT2D eigenvalue weighted by Gasteiger charge is -2.34. The van der Waals surface area contributed by atoms with Crippen LogP contribution in [0.15, 0.2) is 26.6 Å². The molecule has 0 saturated carbocycles. The van der Waals surface area contributed by atoms with E-state index in [0.717, 1.165) is 68.2 Å². The monoisotopic (exact) mass is 513 g/mol. The molecule has 1 N–H and O–H groups in total. The largest absolute Gasteiger partial charge is 0.378 e. The van der Waals surface area contributed by atoms with E-state index in [1.807, 2.05) is 5.38 Å². The van der Waals surface area contributed by atoms with Crippen molar-refractivity contribution in [3.8, 4) is 0 Å². The Bertz CT molecular complexity index is 855. The highest BCUT2D eigenvalue weighted by atomic mass is 32.2. The van der Waals surface area contributed by atoms with Crippen LogP contribution in [0, 0.1) is 0 Å². The molecule has 3 rings (SSSR count). The molecule has 1 aromatic heterocycles. The van der Waals surface area contributed by atoms with E-state index in [0.29, 0.717) is 6.54 Å². The fourth-order valence-corrected chi connectivity index (χ4v) is 5.99. The van der Waals surface area contributed by atoms with Crippen LogP contribution in [0.1, 0.15) is 52.1 Å². The lowest BCUT2D eigenvalue weighted by atomic mass is 10.2. The van der Waals surface area contributed by atoms with Crippen molar-refractivity contribution < 1.29 is 19.0 Å². The van der Waals surface area contributed by atoms with Crippen LogP contribution in [-0.2, 0) is 20.9 Å². The number of rotatable bonds is 12. The van der Waals surface area contributed by atoms with Crippen molar-refractivity contribution in [2.24, 2.45) is 4.99 Å². The molecule has 0 radical (unpaired) electrons. The van der Waals surface area contributed by atoms with E-state index < -0.39 is 10.7 Å². The molecule has 0 unspecified atom stereocenters. The summed E-state index contributed by atoms with van der Waals surface area (Å²) in [5.41, 5.74) is 2.16. The highest BCUT2D eigenvalue weighted by Crippen LogP contribution is 2.35. The minimum absolute atomic E-state index is 0.672. The molecule has 2 aliphatic heterocycles. The molecule has 34 heavy (non-hydrogen) atoms. The smallest absolute Gasteiger partial charge is 0.364 e. The maximum atomic E-state index is 12.3. The first-order valence-electron chi connectivity index (χ1n) is 12.0. The Balaban J connectivity index is 1.57.